The lowest BCUT2D eigenvalue weighted by Gasteiger charge is -2.14. The zero-order chi connectivity index (χ0) is 20.1. The number of hydrogen-bond donors (Lipinski definition) is 1. The Morgan fingerprint density at radius 2 is 1.93 bits per heavy atom. The number of amides is 1. The van der Waals surface area contributed by atoms with Crippen molar-refractivity contribution in [3.63, 3.8) is 0 Å². The first-order valence-electron chi connectivity index (χ1n) is 8.38. The first-order valence-corrected chi connectivity index (χ1v) is 9.63. The van der Waals surface area contributed by atoms with Gasteiger partial charge >= 0.3 is 0 Å². The van der Waals surface area contributed by atoms with Crippen molar-refractivity contribution >= 4 is 35.0 Å². The van der Waals surface area contributed by atoms with E-state index in [4.69, 9.17) is 21.1 Å². The lowest BCUT2D eigenvalue weighted by atomic mass is 10.3. The predicted molar refractivity (Wildman–Crippen MR) is 110 cm³/mol. The highest BCUT2D eigenvalue weighted by Gasteiger charge is 2.20. The summed E-state index contributed by atoms with van der Waals surface area (Å²) in [6.45, 7) is 1.80. The van der Waals surface area contributed by atoms with E-state index in [1.165, 1.54) is 18.9 Å². The molecule has 7 nitrogen and oxygen atoms in total. The molecule has 3 aromatic rings. The molecule has 0 saturated heterocycles. The molecule has 28 heavy (non-hydrogen) atoms. The number of nitrogens with one attached hydrogen (secondary N) is 1. The van der Waals surface area contributed by atoms with Crippen LogP contribution in [0.4, 0.5) is 5.69 Å². The van der Waals surface area contributed by atoms with E-state index in [-0.39, 0.29) is 5.91 Å². The molecule has 0 radical (unpaired) electrons. The molecule has 1 N–H and O–H groups in total. The minimum atomic E-state index is -0.418. The summed E-state index contributed by atoms with van der Waals surface area (Å²) in [7, 11) is 3.14. The van der Waals surface area contributed by atoms with Gasteiger partial charge < -0.3 is 14.8 Å². The fourth-order valence-corrected chi connectivity index (χ4v) is 3.59. The second kappa shape index (κ2) is 8.99. The quantitative estimate of drug-likeness (QED) is 0.583. The van der Waals surface area contributed by atoms with Crippen LogP contribution in [0.3, 0.4) is 0 Å². The lowest BCUT2D eigenvalue weighted by Crippen LogP contribution is -2.22. The molecule has 1 unspecified atom stereocenters. The van der Waals surface area contributed by atoms with Gasteiger partial charge in [0, 0.05) is 5.69 Å². The molecule has 2 aromatic carbocycles. The number of rotatable bonds is 7. The van der Waals surface area contributed by atoms with Crippen LogP contribution >= 0.6 is 23.4 Å². The van der Waals surface area contributed by atoms with Crippen molar-refractivity contribution in [1.29, 1.82) is 0 Å². The summed E-state index contributed by atoms with van der Waals surface area (Å²) in [5.74, 6) is 1.06. The SMILES string of the molecule is COc1ccc(NC(=O)C(C)Sc2nncn2-c2ccccc2OC)cc1Cl. The average molecular weight is 419 g/mol. The average Bonchev–Trinajstić information content (AvgIpc) is 3.15. The maximum atomic E-state index is 12.6. The molecule has 0 bridgehead atoms. The number of methoxy groups -OCH3 is 2. The standard InChI is InChI=1S/C19H19ClN4O3S/c1-12(18(25)22-13-8-9-16(26-2)14(20)10-13)28-19-23-21-11-24(19)15-6-4-5-7-17(15)27-3/h4-12H,1-3H3,(H,22,25). The molecule has 1 aromatic heterocycles. The van der Waals surface area contributed by atoms with Crippen molar-refractivity contribution in [2.45, 2.75) is 17.3 Å². The maximum Gasteiger partial charge on any atom is 0.237 e. The monoisotopic (exact) mass is 418 g/mol. The van der Waals surface area contributed by atoms with Crippen molar-refractivity contribution in [3.8, 4) is 17.2 Å². The molecule has 0 aliphatic carbocycles. The molecule has 0 fully saturated rings. The zero-order valence-electron chi connectivity index (χ0n) is 15.5. The van der Waals surface area contributed by atoms with E-state index in [2.05, 4.69) is 15.5 Å². The summed E-state index contributed by atoms with van der Waals surface area (Å²) >= 11 is 7.40. The topological polar surface area (TPSA) is 78.3 Å². The van der Waals surface area contributed by atoms with Gasteiger partial charge in [-0.2, -0.15) is 0 Å². The van der Waals surface area contributed by atoms with E-state index < -0.39 is 5.25 Å². The van der Waals surface area contributed by atoms with Crippen LogP contribution in [0.1, 0.15) is 6.92 Å². The van der Waals surface area contributed by atoms with Gasteiger partial charge in [0.25, 0.3) is 0 Å². The van der Waals surface area contributed by atoms with Crippen LogP contribution in [0.25, 0.3) is 5.69 Å². The number of ether oxygens (including phenoxy) is 2. The third-order valence-electron chi connectivity index (χ3n) is 3.93. The number of aromatic nitrogens is 3. The number of anilines is 1. The summed E-state index contributed by atoms with van der Waals surface area (Å²) in [5.41, 5.74) is 1.39. The molecular weight excluding hydrogens is 400 g/mol. The summed E-state index contributed by atoms with van der Waals surface area (Å²) in [4.78, 5) is 12.6. The van der Waals surface area contributed by atoms with Crippen molar-refractivity contribution < 1.29 is 14.3 Å². The minimum Gasteiger partial charge on any atom is -0.495 e. The van der Waals surface area contributed by atoms with Gasteiger partial charge in [-0.25, -0.2) is 0 Å². The highest BCUT2D eigenvalue weighted by Crippen LogP contribution is 2.30. The van der Waals surface area contributed by atoms with Gasteiger partial charge in [-0.15, -0.1) is 10.2 Å². The van der Waals surface area contributed by atoms with E-state index in [0.29, 0.717) is 27.4 Å². The smallest absolute Gasteiger partial charge is 0.237 e. The van der Waals surface area contributed by atoms with Crippen LogP contribution in [0.15, 0.2) is 53.9 Å². The van der Waals surface area contributed by atoms with Crippen LogP contribution in [-0.2, 0) is 4.79 Å². The van der Waals surface area contributed by atoms with E-state index in [0.717, 1.165) is 5.69 Å². The zero-order valence-corrected chi connectivity index (χ0v) is 17.1. The number of nitrogens with zero attached hydrogens (tertiary/aromatic N) is 3. The van der Waals surface area contributed by atoms with E-state index in [1.807, 2.05) is 24.3 Å². The largest absolute Gasteiger partial charge is 0.495 e. The second-order valence-corrected chi connectivity index (χ2v) is 7.47. The Balaban J connectivity index is 1.73. The third kappa shape index (κ3) is 4.40. The van der Waals surface area contributed by atoms with Gasteiger partial charge in [-0.1, -0.05) is 35.5 Å². The number of benzene rings is 2. The fraction of sp³-hybridized carbons (Fsp3) is 0.211. The molecule has 1 heterocycles. The van der Waals surface area contributed by atoms with Crippen molar-refractivity contribution in [2.75, 3.05) is 19.5 Å². The van der Waals surface area contributed by atoms with Crippen molar-refractivity contribution in [2.24, 2.45) is 0 Å². The molecular formula is C19H19ClN4O3S. The van der Waals surface area contributed by atoms with Crippen LogP contribution in [0.2, 0.25) is 5.02 Å². The number of para-hydroxylation sites is 2. The van der Waals surface area contributed by atoms with Crippen molar-refractivity contribution in [1.82, 2.24) is 14.8 Å². The highest BCUT2D eigenvalue weighted by atomic mass is 35.5. The number of carbonyl (C=O) groups excluding carboxylic acids is 1. The minimum absolute atomic E-state index is 0.180. The Hall–Kier alpha value is -2.71. The van der Waals surface area contributed by atoms with E-state index in [9.17, 15) is 4.79 Å². The molecule has 1 atom stereocenters. The number of carbonyl (C=O) groups is 1. The molecule has 1 amide bonds. The van der Waals surface area contributed by atoms with Crippen LogP contribution < -0.4 is 14.8 Å². The van der Waals surface area contributed by atoms with Gasteiger partial charge in [-0.3, -0.25) is 9.36 Å². The summed E-state index contributed by atoms with van der Waals surface area (Å²) < 4.78 is 12.3. The summed E-state index contributed by atoms with van der Waals surface area (Å²) in [5, 5.41) is 11.6. The van der Waals surface area contributed by atoms with Gasteiger partial charge in [0.2, 0.25) is 5.91 Å². The highest BCUT2D eigenvalue weighted by molar-refractivity contribution is 8.00. The molecule has 0 aliphatic rings. The third-order valence-corrected chi connectivity index (χ3v) is 5.28. The second-order valence-electron chi connectivity index (χ2n) is 5.75. The van der Waals surface area contributed by atoms with Crippen LogP contribution in [0, 0.1) is 0 Å². The molecule has 0 spiro atoms. The van der Waals surface area contributed by atoms with Crippen LogP contribution in [0.5, 0.6) is 11.5 Å². The molecule has 146 valence electrons. The molecule has 0 aliphatic heterocycles. The van der Waals surface area contributed by atoms with Gasteiger partial charge in [-0.05, 0) is 37.3 Å². The maximum absolute atomic E-state index is 12.6. The predicted octanol–water partition coefficient (Wildman–Crippen LogP) is 4.06. The van der Waals surface area contributed by atoms with Gasteiger partial charge in [0.15, 0.2) is 5.16 Å². The Bertz CT molecular complexity index is 979. The number of hydrogen-bond acceptors (Lipinski definition) is 6. The summed E-state index contributed by atoms with van der Waals surface area (Å²) in [6.07, 6.45) is 1.59. The lowest BCUT2D eigenvalue weighted by molar-refractivity contribution is -0.115. The fourth-order valence-electron chi connectivity index (χ4n) is 2.50. The molecule has 9 heteroatoms. The van der Waals surface area contributed by atoms with Gasteiger partial charge in [0.1, 0.15) is 17.8 Å². The number of halogens is 1. The first-order chi connectivity index (χ1) is 13.5. The van der Waals surface area contributed by atoms with Crippen molar-refractivity contribution in [3.05, 3.63) is 53.8 Å². The first kappa shape index (κ1) is 20.0. The Kier molecular flexibility index (Phi) is 6.43. The number of thioether (sulfide) groups is 1. The summed E-state index contributed by atoms with van der Waals surface area (Å²) in [6, 6.07) is 12.6. The van der Waals surface area contributed by atoms with Gasteiger partial charge in [0.05, 0.1) is 30.2 Å². The Morgan fingerprint density at radius 3 is 2.64 bits per heavy atom. The Labute approximate surface area is 172 Å². The Morgan fingerprint density at radius 1 is 1.18 bits per heavy atom. The van der Waals surface area contributed by atoms with E-state index in [1.54, 1.807) is 43.1 Å². The molecule has 3 rings (SSSR count). The van der Waals surface area contributed by atoms with E-state index >= 15 is 0 Å². The normalized spacial score (nSPS) is 11.7. The van der Waals surface area contributed by atoms with Crippen LogP contribution in [-0.4, -0.2) is 40.1 Å². The molecule has 0 saturated carbocycles.